The molecular weight excluding hydrogens is 639 g/mol. The molecule has 250 valence electrons. The minimum Gasteiger partial charge on any atom is -0.247 e. The third-order valence-electron chi connectivity index (χ3n) is 13.1. The molecule has 0 radical (unpaired) electrons. The monoisotopic (exact) mass is 675 g/mol. The minimum absolute atomic E-state index is 0.352. The number of pyridine rings is 1. The van der Waals surface area contributed by atoms with Crippen molar-refractivity contribution in [1.82, 2.24) is 4.98 Å². The van der Waals surface area contributed by atoms with Crippen LogP contribution < -0.4 is 0 Å². The van der Waals surface area contributed by atoms with Crippen LogP contribution in [0.5, 0.6) is 0 Å². The van der Waals surface area contributed by atoms with Gasteiger partial charge in [-0.25, -0.2) is 4.98 Å². The third kappa shape index (κ3) is 3.84. The van der Waals surface area contributed by atoms with Crippen LogP contribution in [0.4, 0.5) is 0 Å². The maximum Gasteiger partial charge on any atom is 0.0751 e. The van der Waals surface area contributed by atoms with Crippen molar-refractivity contribution >= 4 is 5.57 Å². The van der Waals surface area contributed by atoms with E-state index in [0.29, 0.717) is 11.8 Å². The van der Waals surface area contributed by atoms with Crippen LogP contribution >= 0.6 is 0 Å². The Labute approximate surface area is 311 Å². The van der Waals surface area contributed by atoms with Crippen LogP contribution in [-0.2, 0) is 5.41 Å². The molecule has 0 N–H and O–H groups in total. The van der Waals surface area contributed by atoms with E-state index in [1.54, 1.807) is 16.7 Å². The Kier molecular flexibility index (Phi) is 5.99. The predicted octanol–water partition coefficient (Wildman–Crippen LogP) is 13.1. The highest BCUT2D eigenvalue weighted by Gasteiger charge is 2.55. The zero-order valence-electron chi connectivity index (χ0n) is 29.7. The Balaban J connectivity index is 1.17. The van der Waals surface area contributed by atoms with Gasteiger partial charge in [0.1, 0.15) is 0 Å². The summed E-state index contributed by atoms with van der Waals surface area (Å²) in [6.45, 7) is 2.27. The third-order valence-corrected chi connectivity index (χ3v) is 13.1. The Hall–Kier alpha value is -6.05. The molecule has 3 unspecified atom stereocenters. The lowest BCUT2D eigenvalue weighted by Crippen LogP contribution is -2.28. The average molecular weight is 676 g/mol. The standard InChI is InChI=1S/C52H37N/c1-31-40(32-15-4-2-5-16-32)30-47(33-17-6-3-7-18-33)53-51(31)39-23-14-26-45-48(39)37-21-10-12-24-43(37)52(45)44-25-13-11-22-38(44)50-46(52)28-27-36-42-29-41(42)34-19-8-9-20-35(34)49(36)50/h2-11,13-23,25-28,30,41-42H,12,24,29H2,1H3. The van der Waals surface area contributed by atoms with Gasteiger partial charge in [-0.3, -0.25) is 0 Å². The van der Waals surface area contributed by atoms with E-state index in [1.165, 1.54) is 78.8 Å². The van der Waals surface area contributed by atoms with E-state index < -0.39 is 0 Å². The van der Waals surface area contributed by atoms with Gasteiger partial charge in [0.15, 0.2) is 0 Å². The number of allylic oxidation sites excluding steroid dienone is 4. The SMILES string of the molecule is Cc1c(-c2ccccc2)cc(-c2ccccc2)nc1-c1cccc2c1C1=C(CCC=C1)C21c2ccccc2-c2c1ccc1c2-c2ccccc2C2CC12. The van der Waals surface area contributed by atoms with Crippen LogP contribution in [0.3, 0.4) is 0 Å². The van der Waals surface area contributed by atoms with Crippen LogP contribution in [0.15, 0.2) is 163 Å². The molecule has 1 heterocycles. The van der Waals surface area contributed by atoms with Gasteiger partial charge in [0.05, 0.1) is 16.8 Å². The van der Waals surface area contributed by atoms with Gasteiger partial charge >= 0.3 is 0 Å². The van der Waals surface area contributed by atoms with Gasteiger partial charge in [-0.15, -0.1) is 0 Å². The van der Waals surface area contributed by atoms with Gasteiger partial charge in [-0.05, 0) is 128 Å². The van der Waals surface area contributed by atoms with Gasteiger partial charge in [-0.2, -0.15) is 0 Å². The summed E-state index contributed by atoms with van der Waals surface area (Å²) < 4.78 is 0. The molecule has 5 aliphatic rings. The van der Waals surface area contributed by atoms with Gasteiger partial charge in [0, 0.05) is 11.1 Å². The van der Waals surface area contributed by atoms with Crippen molar-refractivity contribution in [3.05, 3.63) is 202 Å². The van der Waals surface area contributed by atoms with E-state index in [4.69, 9.17) is 4.98 Å². The molecule has 53 heavy (non-hydrogen) atoms. The summed E-state index contributed by atoms with van der Waals surface area (Å²) in [5.74, 6) is 1.30. The normalized spacial score (nSPS) is 20.6. The summed E-state index contributed by atoms with van der Waals surface area (Å²) in [6, 6.07) is 54.6. The Bertz CT molecular complexity index is 2770. The fraction of sp³-hybridized carbons (Fsp3) is 0.135. The molecule has 0 aliphatic heterocycles. The molecule has 1 aromatic heterocycles. The summed E-state index contributed by atoms with van der Waals surface area (Å²) in [6.07, 6.45) is 8.19. The smallest absolute Gasteiger partial charge is 0.0751 e. The first-order chi connectivity index (χ1) is 26.2. The number of rotatable bonds is 3. The number of benzene rings is 6. The number of hydrogen-bond donors (Lipinski definition) is 0. The summed E-state index contributed by atoms with van der Waals surface area (Å²) in [5.41, 5.74) is 25.2. The highest BCUT2D eigenvalue weighted by molar-refractivity contribution is 6.05. The van der Waals surface area contributed by atoms with Crippen LogP contribution in [-0.4, -0.2) is 4.98 Å². The van der Waals surface area contributed by atoms with E-state index >= 15 is 0 Å². The zero-order chi connectivity index (χ0) is 34.8. The van der Waals surface area contributed by atoms with E-state index in [2.05, 4.69) is 165 Å². The maximum absolute atomic E-state index is 5.57. The molecule has 1 fully saturated rings. The van der Waals surface area contributed by atoms with E-state index in [9.17, 15) is 0 Å². The molecule has 0 amide bonds. The minimum atomic E-state index is -0.352. The topological polar surface area (TPSA) is 12.9 Å². The molecular formula is C52H37N. The van der Waals surface area contributed by atoms with Crippen molar-refractivity contribution in [3.63, 3.8) is 0 Å². The second kappa shape index (κ2) is 10.7. The van der Waals surface area contributed by atoms with Crippen molar-refractivity contribution in [1.29, 1.82) is 0 Å². The fourth-order valence-electron chi connectivity index (χ4n) is 10.9. The quantitative estimate of drug-likeness (QED) is 0.182. The van der Waals surface area contributed by atoms with E-state index in [1.807, 2.05) is 0 Å². The van der Waals surface area contributed by atoms with Crippen LogP contribution in [0, 0.1) is 6.92 Å². The first-order valence-electron chi connectivity index (χ1n) is 19.3. The molecule has 12 rings (SSSR count). The van der Waals surface area contributed by atoms with E-state index in [0.717, 1.165) is 29.8 Å². The second-order valence-electron chi connectivity index (χ2n) is 15.6. The van der Waals surface area contributed by atoms with Crippen molar-refractivity contribution in [2.45, 2.75) is 43.4 Å². The van der Waals surface area contributed by atoms with Gasteiger partial charge in [-0.1, -0.05) is 152 Å². The predicted molar refractivity (Wildman–Crippen MR) is 218 cm³/mol. The summed E-state index contributed by atoms with van der Waals surface area (Å²) in [5, 5.41) is 0. The maximum atomic E-state index is 5.57. The summed E-state index contributed by atoms with van der Waals surface area (Å²) >= 11 is 0. The van der Waals surface area contributed by atoms with Crippen molar-refractivity contribution < 1.29 is 0 Å². The van der Waals surface area contributed by atoms with Gasteiger partial charge in [0.25, 0.3) is 0 Å². The lowest BCUT2D eigenvalue weighted by Gasteiger charge is -2.34. The van der Waals surface area contributed by atoms with Crippen LogP contribution in [0.1, 0.15) is 70.0 Å². The summed E-state index contributed by atoms with van der Waals surface area (Å²) in [4.78, 5) is 5.57. The highest BCUT2D eigenvalue weighted by atomic mass is 14.7. The lowest BCUT2D eigenvalue weighted by atomic mass is 9.67. The molecule has 1 saturated carbocycles. The van der Waals surface area contributed by atoms with Crippen molar-refractivity contribution in [2.24, 2.45) is 0 Å². The molecule has 7 aromatic rings. The second-order valence-corrected chi connectivity index (χ2v) is 15.6. The molecule has 1 spiro atoms. The molecule has 0 bridgehead atoms. The Morgan fingerprint density at radius 3 is 2.08 bits per heavy atom. The molecule has 3 atom stereocenters. The zero-order valence-corrected chi connectivity index (χ0v) is 29.7. The molecule has 6 aromatic carbocycles. The average Bonchev–Trinajstić information content (AvgIpc) is 3.91. The first-order valence-corrected chi connectivity index (χ1v) is 19.3. The van der Waals surface area contributed by atoms with Crippen LogP contribution in [0.25, 0.3) is 61.5 Å². The lowest BCUT2D eigenvalue weighted by molar-refractivity contribution is 0.714. The van der Waals surface area contributed by atoms with Crippen molar-refractivity contribution in [2.75, 3.05) is 0 Å². The number of hydrogen-bond acceptors (Lipinski definition) is 1. The Morgan fingerprint density at radius 1 is 0.547 bits per heavy atom. The van der Waals surface area contributed by atoms with Crippen molar-refractivity contribution in [3.8, 4) is 55.9 Å². The fourth-order valence-corrected chi connectivity index (χ4v) is 10.9. The molecule has 1 nitrogen and oxygen atoms in total. The number of aromatic nitrogens is 1. The molecule has 1 heteroatoms. The molecule has 0 saturated heterocycles. The van der Waals surface area contributed by atoms with Gasteiger partial charge < -0.3 is 0 Å². The largest absolute Gasteiger partial charge is 0.247 e. The first kappa shape index (κ1) is 29.5. The van der Waals surface area contributed by atoms with Crippen LogP contribution in [0.2, 0.25) is 0 Å². The summed E-state index contributed by atoms with van der Waals surface area (Å²) in [7, 11) is 0. The number of nitrogens with zero attached hydrogens (tertiary/aromatic N) is 1. The molecule has 5 aliphatic carbocycles. The van der Waals surface area contributed by atoms with E-state index in [-0.39, 0.29) is 5.41 Å². The highest BCUT2D eigenvalue weighted by Crippen LogP contribution is 2.69. The Morgan fingerprint density at radius 2 is 1.23 bits per heavy atom. The van der Waals surface area contributed by atoms with Gasteiger partial charge in [0.2, 0.25) is 0 Å². The number of fused-ring (bicyclic) bond motifs is 16.